The quantitative estimate of drug-likeness (QED) is 0.803. The number of amides is 2. The molecule has 7 heteroatoms. The molecule has 0 atom stereocenters. The summed E-state index contributed by atoms with van der Waals surface area (Å²) in [6, 6.07) is 11.7. The number of hydrogen-bond donors (Lipinski definition) is 2. The topological polar surface area (TPSA) is 92.3 Å². The number of benzene rings is 2. The lowest BCUT2D eigenvalue weighted by Crippen LogP contribution is -2.34. The zero-order valence-electron chi connectivity index (χ0n) is 13.7. The van der Waals surface area contributed by atoms with Gasteiger partial charge in [-0.1, -0.05) is 17.7 Å². The Hall–Kier alpha value is -2.67. The normalized spacial score (nSPS) is 14.0. The second-order valence-corrected chi connectivity index (χ2v) is 7.77. The van der Waals surface area contributed by atoms with Crippen LogP contribution in [0.1, 0.15) is 28.8 Å². The summed E-state index contributed by atoms with van der Waals surface area (Å²) in [4.78, 5) is 23.9. The molecule has 2 aromatic carbocycles. The van der Waals surface area contributed by atoms with Gasteiger partial charge in [-0.2, -0.15) is 0 Å². The molecule has 0 bridgehead atoms. The number of urea groups is 1. The lowest BCUT2D eigenvalue weighted by molar-refractivity contribution is 0.0967. The van der Waals surface area contributed by atoms with Crippen LogP contribution in [0.3, 0.4) is 0 Å². The first-order valence-corrected chi connectivity index (χ1v) is 9.38. The van der Waals surface area contributed by atoms with Gasteiger partial charge in [-0.3, -0.25) is 4.79 Å². The lowest BCUT2D eigenvalue weighted by Gasteiger charge is -2.09. The number of rotatable bonds is 5. The Labute approximate surface area is 146 Å². The first kappa shape index (κ1) is 17.2. The third kappa shape index (κ3) is 4.24. The van der Waals surface area contributed by atoms with Gasteiger partial charge in [0.05, 0.1) is 4.90 Å². The van der Waals surface area contributed by atoms with Crippen LogP contribution in [0.4, 0.5) is 10.5 Å². The van der Waals surface area contributed by atoms with Crippen molar-refractivity contribution in [3.8, 4) is 0 Å². The summed E-state index contributed by atoms with van der Waals surface area (Å²) in [7, 11) is -3.94. The van der Waals surface area contributed by atoms with E-state index < -0.39 is 16.1 Å². The number of hydrogen-bond acceptors (Lipinski definition) is 4. The Morgan fingerprint density at radius 3 is 2.12 bits per heavy atom. The summed E-state index contributed by atoms with van der Waals surface area (Å²) >= 11 is 0. The van der Waals surface area contributed by atoms with Crippen LogP contribution < -0.4 is 10.0 Å². The van der Waals surface area contributed by atoms with Crippen molar-refractivity contribution in [1.82, 2.24) is 4.72 Å². The Morgan fingerprint density at radius 1 is 0.960 bits per heavy atom. The zero-order chi connectivity index (χ0) is 18.0. The van der Waals surface area contributed by atoms with Crippen LogP contribution in [-0.4, -0.2) is 20.2 Å². The van der Waals surface area contributed by atoms with Crippen LogP contribution in [0.25, 0.3) is 0 Å². The van der Waals surface area contributed by atoms with Crippen molar-refractivity contribution in [2.75, 3.05) is 5.32 Å². The molecule has 1 saturated carbocycles. The van der Waals surface area contributed by atoms with E-state index in [1.54, 1.807) is 36.4 Å². The van der Waals surface area contributed by atoms with Crippen molar-refractivity contribution in [3.05, 3.63) is 59.7 Å². The van der Waals surface area contributed by atoms with Crippen molar-refractivity contribution in [2.45, 2.75) is 24.7 Å². The van der Waals surface area contributed by atoms with E-state index in [1.165, 1.54) is 12.1 Å². The fourth-order valence-electron chi connectivity index (χ4n) is 2.35. The zero-order valence-corrected chi connectivity index (χ0v) is 14.5. The summed E-state index contributed by atoms with van der Waals surface area (Å²) in [5.74, 6) is 0.236. The number of anilines is 1. The van der Waals surface area contributed by atoms with Gasteiger partial charge in [0.15, 0.2) is 5.78 Å². The maximum atomic E-state index is 12.2. The second kappa shape index (κ2) is 6.68. The van der Waals surface area contributed by atoms with Crippen LogP contribution in [0.5, 0.6) is 0 Å². The largest absolute Gasteiger partial charge is 0.333 e. The second-order valence-electron chi connectivity index (χ2n) is 6.09. The van der Waals surface area contributed by atoms with Gasteiger partial charge in [-0.05, 0) is 56.2 Å². The molecule has 2 N–H and O–H groups in total. The number of sulfonamides is 1. The summed E-state index contributed by atoms with van der Waals surface area (Å²) in [6.07, 6.45) is 1.86. The predicted molar refractivity (Wildman–Crippen MR) is 94.0 cm³/mol. The van der Waals surface area contributed by atoms with Crippen molar-refractivity contribution < 1.29 is 18.0 Å². The minimum atomic E-state index is -3.94. The molecule has 130 valence electrons. The summed E-state index contributed by atoms with van der Waals surface area (Å²) in [5.41, 5.74) is 1.92. The minimum absolute atomic E-state index is 0.0126. The van der Waals surface area contributed by atoms with Gasteiger partial charge in [-0.15, -0.1) is 0 Å². The summed E-state index contributed by atoms with van der Waals surface area (Å²) < 4.78 is 26.3. The molecule has 1 aliphatic rings. The minimum Gasteiger partial charge on any atom is -0.307 e. The number of carbonyl (C=O) groups is 2. The van der Waals surface area contributed by atoms with Gasteiger partial charge >= 0.3 is 6.03 Å². The highest BCUT2D eigenvalue weighted by molar-refractivity contribution is 7.90. The Bertz CT molecular complexity index is 899. The van der Waals surface area contributed by atoms with Crippen LogP contribution in [0.2, 0.25) is 0 Å². The van der Waals surface area contributed by atoms with Gasteiger partial charge in [0.25, 0.3) is 10.0 Å². The first-order chi connectivity index (χ1) is 11.8. The van der Waals surface area contributed by atoms with Crippen LogP contribution in [-0.2, 0) is 10.0 Å². The number of nitrogens with one attached hydrogen (secondary N) is 2. The molecule has 0 saturated heterocycles. The molecule has 2 aromatic rings. The number of aryl methyl sites for hydroxylation is 1. The fourth-order valence-corrected chi connectivity index (χ4v) is 3.26. The average molecular weight is 358 g/mol. The van der Waals surface area contributed by atoms with E-state index in [1.807, 2.05) is 11.6 Å². The van der Waals surface area contributed by atoms with E-state index in [0.29, 0.717) is 11.3 Å². The van der Waals surface area contributed by atoms with Gasteiger partial charge in [0, 0.05) is 17.2 Å². The van der Waals surface area contributed by atoms with Gasteiger partial charge in [0.2, 0.25) is 0 Å². The van der Waals surface area contributed by atoms with Crippen LogP contribution in [0.15, 0.2) is 53.4 Å². The average Bonchev–Trinajstić information content (AvgIpc) is 3.39. The van der Waals surface area contributed by atoms with Crippen molar-refractivity contribution in [1.29, 1.82) is 0 Å². The predicted octanol–water partition coefficient (Wildman–Crippen LogP) is 3.10. The van der Waals surface area contributed by atoms with Gasteiger partial charge in [-0.25, -0.2) is 17.9 Å². The van der Waals surface area contributed by atoms with E-state index in [-0.39, 0.29) is 16.6 Å². The summed E-state index contributed by atoms with van der Waals surface area (Å²) in [6.45, 7) is 1.84. The van der Waals surface area contributed by atoms with Crippen LogP contribution in [0, 0.1) is 12.8 Å². The fraction of sp³-hybridized carbons (Fsp3) is 0.222. The number of Topliss-reactive ketones (excluding diaryl/α,β-unsaturated/α-hetero) is 1. The molecule has 6 nitrogen and oxygen atoms in total. The van der Waals surface area contributed by atoms with E-state index >= 15 is 0 Å². The maximum Gasteiger partial charge on any atom is 0.333 e. The van der Waals surface area contributed by atoms with E-state index in [2.05, 4.69) is 5.32 Å². The Morgan fingerprint density at radius 2 is 1.56 bits per heavy atom. The van der Waals surface area contributed by atoms with Crippen molar-refractivity contribution >= 4 is 27.5 Å². The molecule has 0 aromatic heterocycles. The highest BCUT2D eigenvalue weighted by atomic mass is 32.2. The Kier molecular flexibility index (Phi) is 4.59. The third-order valence-electron chi connectivity index (χ3n) is 3.93. The molecule has 0 heterocycles. The molecule has 3 rings (SSSR count). The molecule has 0 aliphatic heterocycles. The highest BCUT2D eigenvalue weighted by Crippen LogP contribution is 2.32. The number of carbonyl (C=O) groups excluding carboxylic acids is 2. The molecule has 1 aliphatic carbocycles. The molecule has 0 radical (unpaired) electrons. The molecule has 25 heavy (non-hydrogen) atoms. The smallest absolute Gasteiger partial charge is 0.307 e. The molecule has 2 amide bonds. The number of ketones is 1. The van der Waals surface area contributed by atoms with Crippen LogP contribution >= 0.6 is 0 Å². The first-order valence-electron chi connectivity index (χ1n) is 7.90. The van der Waals surface area contributed by atoms with E-state index in [0.717, 1.165) is 18.4 Å². The lowest BCUT2D eigenvalue weighted by atomic mass is 10.1. The maximum absolute atomic E-state index is 12.2. The highest BCUT2D eigenvalue weighted by Gasteiger charge is 2.30. The molecule has 0 spiro atoms. The Balaban J connectivity index is 1.63. The monoisotopic (exact) mass is 358 g/mol. The molecular weight excluding hydrogens is 340 g/mol. The summed E-state index contributed by atoms with van der Waals surface area (Å²) in [5, 5.41) is 2.45. The van der Waals surface area contributed by atoms with E-state index in [4.69, 9.17) is 0 Å². The van der Waals surface area contributed by atoms with Gasteiger partial charge < -0.3 is 5.32 Å². The molecule has 1 fully saturated rings. The van der Waals surface area contributed by atoms with E-state index in [9.17, 15) is 18.0 Å². The standard InChI is InChI=1S/C18H18N2O4S/c1-12-2-10-16(11-3-12)25(23,24)20-18(22)19-15-8-6-14(7-9-15)17(21)13-4-5-13/h2-3,6-11,13H,4-5H2,1H3,(H2,19,20,22). The SMILES string of the molecule is Cc1ccc(S(=O)(=O)NC(=O)Nc2ccc(C(=O)C3CC3)cc2)cc1. The molecule has 0 unspecified atom stereocenters. The third-order valence-corrected chi connectivity index (χ3v) is 5.28. The van der Waals surface area contributed by atoms with Crippen molar-refractivity contribution in [3.63, 3.8) is 0 Å². The van der Waals surface area contributed by atoms with Crippen molar-refractivity contribution in [2.24, 2.45) is 5.92 Å². The molecular formula is C18H18N2O4S. The van der Waals surface area contributed by atoms with Gasteiger partial charge in [0.1, 0.15) is 0 Å².